The third kappa shape index (κ3) is 5.16. The number of hydrogen-bond donors (Lipinski definition) is 0. The molecule has 2 atom stereocenters. The van der Waals surface area contributed by atoms with Crippen molar-refractivity contribution in [3.63, 3.8) is 0 Å². The molecule has 0 aliphatic carbocycles. The standard InChI is InChI=1S/C25H28F3N3O3S2/c1-16-4-2-8-30(13-16)36(32,33)19-6-7-24-23(11-19)29-25(31(24)14-18-5-3-9-34-18)35-15-17-10-21(27)22(28)12-20(17)26/h6-7,10-12,16,18H,2-5,8-9,13-15H2,1H3/t16-,18-/m0/s1. The number of fused-ring (bicyclic) bond motifs is 1. The van der Waals surface area contributed by atoms with E-state index in [9.17, 15) is 21.6 Å². The topological polar surface area (TPSA) is 64.4 Å². The number of aromatic nitrogens is 2. The van der Waals surface area contributed by atoms with Crippen molar-refractivity contribution in [2.45, 2.75) is 61.1 Å². The van der Waals surface area contributed by atoms with Crippen LogP contribution in [-0.4, -0.2) is 48.1 Å². The molecule has 3 aromatic rings. The average molecular weight is 540 g/mol. The molecule has 2 aliphatic rings. The molecule has 6 nitrogen and oxygen atoms in total. The smallest absolute Gasteiger partial charge is 0.243 e. The van der Waals surface area contributed by atoms with Crippen LogP contribution in [0.3, 0.4) is 0 Å². The molecule has 0 spiro atoms. The van der Waals surface area contributed by atoms with E-state index in [0.717, 1.165) is 37.3 Å². The summed E-state index contributed by atoms with van der Waals surface area (Å²) in [7, 11) is -3.66. The molecular formula is C25H28F3N3O3S2. The van der Waals surface area contributed by atoms with Crippen molar-refractivity contribution in [2.24, 2.45) is 5.92 Å². The van der Waals surface area contributed by atoms with Crippen LogP contribution in [0.5, 0.6) is 0 Å². The van der Waals surface area contributed by atoms with Crippen LogP contribution >= 0.6 is 11.8 Å². The van der Waals surface area contributed by atoms with Gasteiger partial charge in [0.2, 0.25) is 10.0 Å². The van der Waals surface area contributed by atoms with E-state index in [0.29, 0.717) is 48.9 Å². The summed E-state index contributed by atoms with van der Waals surface area (Å²) < 4.78 is 77.1. The number of piperidine rings is 1. The first-order chi connectivity index (χ1) is 17.2. The highest BCUT2D eigenvalue weighted by Gasteiger charge is 2.29. The maximum Gasteiger partial charge on any atom is 0.243 e. The number of nitrogens with zero attached hydrogens (tertiary/aromatic N) is 3. The Bertz CT molecular complexity index is 1370. The van der Waals surface area contributed by atoms with Crippen LogP contribution in [0.1, 0.15) is 38.2 Å². The molecular weight excluding hydrogens is 511 g/mol. The molecule has 0 radical (unpaired) electrons. The van der Waals surface area contributed by atoms with E-state index in [1.807, 2.05) is 4.57 Å². The zero-order valence-corrected chi connectivity index (χ0v) is 21.6. The van der Waals surface area contributed by atoms with Crippen molar-refractivity contribution in [2.75, 3.05) is 19.7 Å². The van der Waals surface area contributed by atoms with Gasteiger partial charge in [-0.3, -0.25) is 0 Å². The molecule has 36 heavy (non-hydrogen) atoms. The first-order valence-electron chi connectivity index (χ1n) is 12.1. The highest BCUT2D eigenvalue weighted by molar-refractivity contribution is 7.98. The van der Waals surface area contributed by atoms with Gasteiger partial charge in [0.05, 0.1) is 28.6 Å². The predicted molar refractivity (Wildman–Crippen MR) is 132 cm³/mol. The maximum absolute atomic E-state index is 14.2. The predicted octanol–water partition coefficient (Wildman–Crippen LogP) is 5.35. The van der Waals surface area contributed by atoms with Crippen LogP contribution in [-0.2, 0) is 27.1 Å². The Balaban J connectivity index is 1.48. The van der Waals surface area contributed by atoms with Gasteiger partial charge in [-0.05, 0) is 55.9 Å². The molecule has 0 amide bonds. The molecule has 0 saturated carbocycles. The van der Waals surface area contributed by atoms with Gasteiger partial charge in [0.1, 0.15) is 5.82 Å². The van der Waals surface area contributed by atoms with Gasteiger partial charge < -0.3 is 9.30 Å². The van der Waals surface area contributed by atoms with E-state index >= 15 is 0 Å². The molecule has 1 aromatic heterocycles. The quantitative estimate of drug-likeness (QED) is 0.299. The molecule has 11 heteroatoms. The molecule has 0 bridgehead atoms. The van der Waals surface area contributed by atoms with Gasteiger partial charge >= 0.3 is 0 Å². The number of halogens is 3. The fourth-order valence-electron chi connectivity index (χ4n) is 4.86. The van der Waals surface area contributed by atoms with E-state index in [1.54, 1.807) is 18.2 Å². The number of sulfonamides is 1. The van der Waals surface area contributed by atoms with Crippen LogP contribution in [0.15, 0.2) is 40.4 Å². The van der Waals surface area contributed by atoms with Crippen LogP contribution in [0.2, 0.25) is 0 Å². The second-order valence-corrected chi connectivity index (χ2v) is 12.4. The van der Waals surface area contributed by atoms with Gasteiger partial charge in [0.25, 0.3) is 0 Å². The highest BCUT2D eigenvalue weighted by atomic mass is 32.2. The Morgan fingerprint density at radius 3 is 2.64 bits per heavy atom. The third-order valence-corrected chi connectivity index (χ3v) is 9.68. The number of ether oxygens (including phenoxy) is 1. The summed E-state index contributed by atoms with van der Waals surface area (Å²) in [6, 6.07) is 6.33. The molecule has 194 valence electrons. The van der Waals surface area contributed by atoms with Crippen LogP contribution in [0, 0.1) is 23.4 Å². The number of thioether (sulfide) groups is 1. The SMILES string of the molecule is C[C@H]1CCCN(S(=O)(=O)c2ccc3c(c2)nc(SCc2cc(F)c(F)cc2F)n3C[C@@H]2CCCO2)C1. The number of hydrogen-bond acceptors (Lipinski definition) is 5. The molecule has 0 unspecified atom stereocenters. The number of imidazole rings is 1. The van der Waals surface area contributed by atoms with Gasteiger partial charge in [-0.25, -0.2) is 26.6 Å². The van der Waals surface area contributed by atoms with Crippen molar-refractivity contribution in [3.8, 4) is 0 Å². The minimum atomic E-state index is -3.66. The number of benzene rings is 2. The lowest BCUT2D eigenvalue weighted by Gasteiger charge is -2.30. The normalized spacial score (nSPS) is 21.4. The van der Waals surface area contributed by atoms with Gasteiger partial charge in [0, 0.05) is 37.1 Å². The summed E-state index contributed by atoms with van der Waals surface area (Å²) in [5, 5.41) is 0.533. The third-order valence-electron chi connectivity index (χ3n) is 6.80. The fraction of sp³-hybridized carbons (Fsp3) is 0.480. The summed E-state index contributed by atoms with van der Waals surface area (Å²) >= 11 is 1.19. The van der Waals surface area contributed by atoms with Crippen molar-refractivity contribution >= 4 is 32.8 Å². The first kappa shape index (κ1) is 25.6. The Hall–Kier alpha value is -2.08. The average Bonchev–Trinajstić information content (AvgIpc) is 3.48. The monoisotopic (exact) mass is 539 g/mol. The number of rotatable bonds is 7. The molecule has 5 rings (SSSR count). The lowest BCUT2D eigenvalue weighted by Crippen LogP contribution is -2.39. The highest BCUT2D eigenvalue weighted by Crippen LogP contribution is 2.32. The van der Waals surface area contributed by atoms with Gasteiger partial charge in [-0.15, -0.1) is 0 Å². The molecule has 0 N–H and O–H groups in total. The summed E-state index contributed by atoms with van der Waals surface area (Å²) in [4.78, 5) is 4.86. The largest absolute Gasteiger partial charge is 0.376 e. The van der Waals surface area contributed by atoms with E-state index in [-0.39, 0.29) is 22.3 Å². The Morgan fingerprint density at radius 2 is 1.89 bits per heavy atom. The van der Waals surface area contributed by atoms with Gasteiger partial charge in [-0.2, -0.15) is 4.31 Å². The summed E-state index contributed by atoms with van der Waals surface area (Å²) in [6.45, 7) is 4.23. The van der Waals surface area contributed by atoms with E-state index in [4.69, 9.17) is 4.74 Å². The van der Waals surface area contributed by atoms with Crippen LogP contribution in [0.4, 0.5) is 13.2 Å². The summed E-state index contributed by atoms with van der Waals surface area (Å²) in [6.07, 6.45) is 3.68. The second-order valence-electron chi connectivity index (χ2n) is 9.55. The van der Waals surface area contributed by atoms with Gasteiger partial charge in [-0.1, -0.05) is 18.7 Å². The zero-order valence-electron chi connectivity index (χ0n) is 19.9. The lowest BCUT2D eigenvalue weighted by atomic mass is 10.0. The van der Waals surface area contributed by atoms with Crippen LogP contribution < -0.4 is 0 Å². The summed E-state index contributed by atoms with van der Waals surface area (Å²) in [5.41, 5.74) is 1.27. The van der Waals surface area contributed by atoms with E-state index in [1.165, 1.54) is 16.1 Å². The molecule has 2 fully saturated rings. The summed E-state index contributed by atoms with van der Waals surface area (Å²) in [5.74, 6) is -2.82. The zero-order chi connectivity index (χ0) is 25.4. The van der Waals surface area contributed by atoms with Crippen molar-refractivity contribution < 1.29 is 26.3 Å². The minimum absolute atomic E-state index is 0.0139. The Kier molecular flexibility index (Phi) is 7.35. The maximum atomic E-state index is 14.2. The molecule has 3 heterocycles. The molecule has 2 aliphatic heterocycles. The lowest BCUT2D eigenvalue weighted by molar-refractivity contribution is 0.0960. The Labute approximate surface area is 212 Å². The van der Waals surface area contributed by atoms with E-state index < -0.39 is 27.5 Å². The van der Waals surface area contributed by atoms with Crippen molar-refractivity contribution in [1.29, 1.82) is 0 Å². The van der Waals surface area contributed by atoms with Gasteiger partial charge in [0.15, 0.2) is 16.8 Å². The van der Waals surface area contributed by atoms with Crippen molar-refractivity contribution in [3.05, 3.63) is 53.3 Å². The molecule has 2 saturated heterocycles. The fourth-order valence-corrected chi connectivity index (χ4v) is 7.47. The molecule has 2 aromatic carbocycles. The second kappa shape index (κ2) is 10.4. The minimum Gasteiger partial charge on any atom is -0.376 e. The van der Waals surface area contributed by atoms with Crippen LogP contribution in [0.25, 0.3) is 11.0 Å². The van der Waals surface area contributed by atoms with E-state index in [2.05, 4.69) is 11.9 Å². The first-order valence-corrected chi connectivity index (χ1v) is 14.5. The Morgan fingerprint density at radius 1 is 1.08 bits per heavy atom. The van der Waals surface area contributed by atoms with Crippen molar-refractivity contribution in [1.82, 2.24) is 13.9 Å².